The van der Waals surface area contributed by atoms with Crippen LogP contribution in [-0.2, 0) is 22.3 Å². The quantitative estimate of drug-likeness (QED) is 0.322. The first-order valence-electron chi connectivity index (χ1n) is 12.3. The summed E-state index contributed by atoms with van der Waals surface area (Å²) in [5.74, 6) is 1.85. The summed E-state index contributed by atoms with van der Waals surface area (Å²) >= 11 is 0. The zero-order chi connectivity index (χ0) is 27.8. The predicted octanol–water partition coefficient (Wildman–Crippen LogP) is 6.97. The molecule has 36 heavy (non-hydrogen) atoms. The Bertz CT molecular complexity index is 853. The molecule has 0 atom stereocenters. The van der Waals surface area contributed by atoms with E-state index in [1.165, 1.54) is 12.1 Å². The van der Waals surface area contributed by atoms with Crippen LogP contribution in [0.3, 0.4) is 0 Å². The van der Waals surface area contributed by atoms with Crippen molar-refractivity contribution in [2.45, 2.75) is 66.9 Å². The average molecular weight is 512 g/mol. The molecule has 0 fully saturated rings. The molecule has 0 unspecified atom stereocenters. The molecule has 0 radical (unpaired) electrons. The van der Waals surface area contributed by atoms with Gasteiger partial charge in [0.15, 0.2) is 0 Å². The van der Waals surface area contributed by atoms with Crippen LogP contribution in [0.25, 0.3) is 0 Å². The fourth-order valence-corrected chi connectivity index (χ4v) is 3.36. The first-order valence-corrected chi connectivity index (χ1v) is 12.3. The summed E-state index contributed by atoms with van der Waals surface area (Å²) in [5.41, 5.74) is 1.38. The molecule has 7 heteroatoms. The highest BCUT2D eigenvalue weighted by molar-refractivity contribution is 5.35. The molecule has 5 nitrogen and oxygen atoms in total. The summed E-state index contributed by atoms with van der Waals surface area (Å²) in [7, 11) is 8.55. The Morgan fingerprint density at radius 3 is 1.42 bits per heavy atom. The minimum absolute atomic E-state index is 0.0812. The summed E-state index contributed by atoms with van der Waals surface area (Å²) in [6, 6.07) is 9.95. The van der Waals surface area contributed by atoms with Gasteiger partial charge in [0.2, 0.25) is 6.41 Å². The van der Waals surface area contributed by atoms with Crippen LogP contribution in [0, 0.1) is 23.5 Å². The molecule has 0 heterocycles. The number of nitrogens with zero attached hydrogens (tertiary/aromatic N) is 1. The number of ether oxygens (including phenoxy) is 4. The number of benzene rings is 2. The Labute approximate surface area is 217 Å². The fraction of sp³-hybridized carbons (Fsp3) is 0.586. The standard InChI is InChI=1S/C13H19FO.C11H15FO.C5H13NO2/c1-9(2)8-11-12(14)6-5-7-13(11)15-10(3)4;1-8(2)7-9-10(12)5-4-6-11(9)13-3;1-6(2)5(7-3)8-4/h5-7,9-10H,8H2,1-4H3;4-6,8H,7H2,1-3H3;5H,1-4H3. The van der Waals surface area contributed by atoms with Crippen molar-refractivity contribution in [1.82, 2.24) is 4.90 Å². The first kappa shape index (κ1) is 33.8. The summed E-state index contributed by atoms with van der Waals surface area (Å²) < 4.78 is 47.3. The lowest BCUT2D eigenvalue weighted by Gasteiger charge is -2.19. The first-order chi connectivity index (χ1) is 16.9. The third-order valence-electron chi connectivity index (χ3n) is 4.78. The molecule has 2 rings (SSSR count). The summed E-state index contributed by atoms with van der Waals surface area (Å²) in [5, 5.41) is 0. The van der Waals surface area contributed by atoms with Gasteiger partial charge in [-0.3, -0.25) is 4.90 Å². The molecule has 0 bridgehead atoms. The average Bonchev–Trinajstić information content (AvgIpc) is 2.78. The van der Waals surface area contributed by atoms with Gasteiger partial charge in [-0.1, -0.05) is 39.8 Å². The van der Waals surface area contributed by atoms with Gasteiger partial charge in [-0.2, -0.15) is 0 Å². The summed E-state index contributed by atoms with van der Waals surface area (Å²) in [6.45, 7) is 12.2. The monoisotopic (exact) mass is 511 g/mol. The molecule has 2 aromatic carbocycles. The van der Waals surface area contributed by atoms with E-state index in [0.717, 1.165) is 6.42 Å². The number of methoxy groups -OCH3 is 3. The van der Waals surface area contributed by atoms with Gasteiger partial charge in [0.1, 0.15) is 23.1 Å². The van der Waals surface area contributed by atoms with Crippen LogP contribution in [0.1, 0.15) is 52.7 Å². The Kier molecular flexibility index (Phi) is 17.0. The molecule has 0 aliphatic heterocycles. The maximum Gasteiger partial charge on any atom is 0.217 e. The zero-order valence-electron chi connectivity index (χ0n) is 24.0. The Hall–Kier alpha value is -2.22. The minimum Gasteiger partial charge on any atom is -0.496 e. The molecular formula is C29H47F2NO4. The van der Waals surface area contributed by atoms with Gasteiger partial charge < -0.3 is 18.9 Å². The normalized spacial score (nSPS) is 10.9. The second kappa shape index (κ2) is 18.1. The van der Waals surface area contributed by atoms with Gasteiger partial charge in [0.05, 0.1) is 13.2 Å². The lowest BCUT2D eigenvalue weighted by Crippen LogP contribution is -2.30. The summed E-state index contributed by atoms with van der Waals surface area (Å²) in [4.78, 5) is 1.83. The van der Waals surface area contributed by atoms with E-state index in [2.05, 4.69) is 27.7 Å². The molecule has 0 spiro atoms. The molecule has 0 aliphatic rings. The van der Waals surface area contributed by atoms with Crippen molar-refractivity contribution in [2.24, 2.45) is 11.8 Å². The molecule has 0 aromatic heterocycles. The Balaban J connectivity index is 0.000000535. The lowest BCUT2D eigenvalue weighted by atomic mass is 10.0. The van der Waals surface area contributed by atoms with Crippen LogP contribution in [0.5, 0.6) is 11.5 Å². The van der Waals surface area contributed by atoms with Crippen molar-refractivity contribution in [3.05, 3.63) is 59.2 Å². The molecule has 0 N–H and O–H groups in total. The van der Waals surface area contributed by atoms with Crippen molar-refractivity contribution in [3.8, 4) is 11.5 Å². The van der Waals surface area contributed by atoms with E-state index in [4.69, 9.17) is 18.9 Å². The van der Waals surface area contributed by atoms with Crippen LogP contribution in [0.2, 0.25) is 0 Å². The zero-order valence-corrected chi connectivity index (χ0v) is 24.0. The van der Waals surface area contributed by atoms with E-state index in [1.54, 1.807) is 39.5 Å². The van der Waals surface area contributed by atoms with E-state index in [-0.39, 0.29) is 24.2 Å². The van der Waals surface area contributed by atoms with Crippen molar-refractivity contribution in [1.29, 1.82) is 0 Å². The van der Waals surface area contributed by atoms with E-state index in [1.807, 2.05) is 38.9 Å². The fourth-order valence-electron chi connectivity index (χ4n) is 3.36. The minimum atomic E-state index is -0.213. The van der Waals surface area contributed by atoms with E-state index in [0.29, 0.717) is 40.9 Å². The van der Waals surface area contributed by atoms with E-state index < -0.39 is 0 Å². The van der Waals surface area contributed by atoms with Gasteiger partial charge in [-0.25, -0.2) is 8.78 Å². The van der Waals surface area contributed by atoms with E-state index >= 15 is 0 Å². The van der Waals surface area contributed by atoms with Crippen molar-refractivity contribution >= 4 is 0 Å². The van der Waals surface area contributed by atoms with Gasteiger partial charge in [0, 0.05) is 25.3 Å². The lowest BCUT2D eigenvalue weighted by molar-refractivity contribution is -0.179. The van der Waals surface area contributed by atoms with Crippen molar-refractivity contribution in [2.75, 3.05) is 35.4 Å². The van der Waals surface area contributed by atoms with Crippen LogP contribution in [0.4, 0.5) is 8.78 Å². The number of halogens is 2. The van der Waals surface area contributed by atoms with Crippen molar-refractivity contribution in [3.63, 3.8) is 0 Å². The second-order valence-corrected chi connectivity index (χ2v) is 9.74. The molecule has 0 saturated carbocycles. The third-order valence-corrected chi connectivity index (χ3v) is 4.78. The van der Waals surface area contributed by atoms with Crippen LogP contribution in [0.15, 0.2) is 36.4 Å². The van der Waals surface area contributed by atoms with Gasteiger partial charge in [-0.05, 0) is 76.9 Å². The highest BCUT2D eigenvalue weighted by Gasteiger charge is 2.12. The highest BCUT2D eigenvalue weighted by Crippen LogP contribution is 2.25. The maximum absolute atomic E-state index is 13.6. The largest absolute Gasteiger partial charge is 0.496 e. The smallest absolute Gasteiger partial charge is 0.217 e. The van der Waals surface area contributed by atoms with E-state index in [9.17, 15) is 8.78 Å². The number of rotatable bonds is 10. The molecule has 2 aromatic rings. The molecule has 206 valence electrons. The predicted molar refractivity (Wildman–Crippen MR) is 144 cm³/mol. The third kappa shape index (κ3) is 13.2. The second-order valence-electron chi connectivity index (χ2n) is 9.74. The highest BCUT2D eigenvalue weighted by atomic mass is 19.1. The van der Waals surface area contributed by atoms with Gasteiger partial charge in [0.25, 0.3) is 0 Å². The Morgan fingerprint density at radius 1 is 0.694 bits per heavy atom. The summed E-state index contributed by atoms with van der Waals surface area (Å²) in [6.07, 6.45) is 1.30. The van der Waals surface area contributed by atoms with Crippen LogP contribution in [-0.4, -0.2) is 52.8 Å². The molecule has 0 saturated heterocycles. The number of hydrogen-bond donors (Lipinski definition) is 0. The van der Waals surface area contributed by atoms with Gasteiger partial charge >= 0.3 is 0 Å². The molecule has 0 aliphatic carbocycles. The molecular weight excluding hydrogens is 464 g/mol. The van der Waals surface area contributed by atoms with Gasteiger partial charge in [-0.15, -0.1) is 0 Å². The number of hydrogen-bond acceptors (Lipinski definition) is 5. The van der Waals surface area contributed by atoms with Crippen molar-refractivity contribution < 1.29 is 27.7 Å². The van der Waals surface area contributed by atoms with Crippen LogP contribution >= 0.6 is 0 Å². The Morgan fingerprint density at radius 2 is 1.11 bits per heavy atom. The maximum atomic E-state index is 13.6. The molecule has 0 amide bonds. The van der Waals surface area contributed by atoms with Crippen LogP contribution < -0.4 is 9.47 Å². The topological polar surface area (TPSA) is 40.2 Å². The SMILES string of the molecule is CC(C)Cc1c(F)cccc1OC(C)C.COC(OC)N(C)C.COc1cccc(F)c1CC(C)C.